The Hall–Kier alpha value is -1.89. The molecule has 0 aliphatic heterocycles. The van der Waals surface area contributed by atoms with Crippen molar-refractivity contribution in [3.05, 3.63) is 35.8 Å². The minimum absolute atomic E-state index is 0.184. The average Bonchev–Trinajstić information content (AvgIpc) is 2.71. The van der Waals surface area contributed by atoms with Crippen LogP contribution in [0.2, 0.25) is 0 Å². The van der Waals surface area contributed by atoms with Crippen LogP contribution >= 0.6 is 0 Å². The molecule has 0 radical (unpaired) electrons. The predicted octanol–water partition coefficient (Wildman–Crippen LogP) is 2.08. The van der Waals surface area contributed by atoms with Gasteiger partial charge in [0.15, 0.2) is 15.7 Å². The zero-order chi connectivity index (χ0) is 15.1. The van der Waals surface area contributed by atoms with E-state index in [1.165, 1.54) is 12.1 Å². The molecular formula is C13H16FN3O2S. The summed E-state index contributed by atoms with van der Waals surface area (Å²) in [5.74, 6) is -0.192. The highest BCUT2D eigenvalue weighted by Gasteiger charge is 2.37. The number of H-pyrrole nitrogens is 1. The summed E-state index contributed by atoms with van der Waals surface area (Å²) < 4.78 is 35.7. The van der Waals surface area contributed by atoms with Crippen molar-refractivity contribution >= 4 is 15.7 Å². The number of rotatable bonds is 3. The monoisotopic (exact) mass is 297 g/mol. The van der Waals surface area contributed by atoms with E-state index in [2.05, 4.69) is 10.2 Å². The number of hydrogen-bond acceptors (Lipinski definition) is 4. The van der Waals surface area contributed by atoms with E-state index in [0.717, 1.165) is 6.26 Å². The molecule has 1 aromatic carbocycles. The van der Waals surface area contributed by atoms with Crippen molar-refractivity contribution in [3.8, 4) is 11.1 Å². The standard InChI is InChI=1S/C13H16FN3O2S/c1-13(2,20(3,18)19)11-10(12(15)17-16-11)8-4-6-9(14)7-5-8/h4-7H,1-3H3,(H3,15,16,17). The van der Waals surface area contributed by atoms with Crippen LogP contribution in [0.5, 0.6) is 0 Å². The number of nitrogens with one attached hydrogen (secondary N) is 1. The smallest absolute Gasteiger partial charge is 0.158 e. The van der Waals surface area contributed by atoms with E-state index in [0.29, 0.717) is 16.8 Å². The van der Waals surface area contributed by atoms with E-state index in [1.807, 2.05) is 0 Å². The Morgan fingerprint density at radius 2 is 1.80 bits per heavy atom. The lowest BCUT2D eigenvalue weighted by Gasteiger charge is -2.22. The maximum absolute atomic E-state index is 13.0. The van der Waals surface area contributed by atoms with Gasteiger partial charge < -0.3 is 5.73 Å². The van der Waals surface area contributed by atoms with Gasteiger partial charge in [-0.1, -0.05) is 12.1 Å². The van der Waals surface area contributed by atoms with E-state index in [9.17, 15) is 12.8 Å². The highest BCUT2D eigenvalue weighted by Crippen LogP contribution is 2.38. The Balaban J connectivity index is 2.68. The number of nitrogen functional groups attached to an aromatic ring is 1. The highest BCUT2D eigenvalue weighted by molar-refractivity contribution is 7.91. The molecule has 2 aromatic rings. The third-order valence-electron chi connectivity index (χ3n) is 3.46. The molecule has 2 rings (SSSR count). The molecule has 108 valence electrons. The van der Waals surface area contributed by atoms with Crippen molar-refractivity contribution in [3.63, 3.8) is 0 Å². The molecule has 0 saturated carbocycles. The Morgan fingerprint density at radius 3 is 2.30 bits per heavy atom. The van der Waals surface area contributed by atoms with E-state index in [4.69, 9.17) is 5.73 Å². The Kier molecular flexibility index (Phi) is 3.33. The first kappa shape index (κ1) is 14.5. The molecule has 0 unspecified atom stereocenters. The van der Waals surface area contributed by atoms with Gasteiger partial charge in [-0.15, -0.1) is 0 Å². The largest absolute Gasteiger partial charge is 0.382 e. The first-order chi connectivity index (χ1) is 9.14. The predicted molar refractivity (Wildman–Crippen MR) is 76.3 cm³/mol. The molecule has 0 spiro atoms. The summed E-state index contributed by atoms with van der Waals surface area (Å²) in [5.41, 5.74) is 7.31. The van der Waals surface area contributed by atoms with Crippen molar-refractivity contribution in [2.24, 2.45) is 0 Å². The minimum atomic E-state index is -3.38. The Bertz CT molecular complexity index is 733. The van der Waals surface area contributed by atoms with Gasteiger partial charge in [0.05, 0.1) is 5.69 Å². The van der Waals surface area contributed by atoms with Crippen molar-refractivity contribution in [2.45, 2.75) is 18.6 Å². The Labute approximate surface area is 116 Å². The van der Waals surface area contributed by atoms with Crippen LogP contribution < -0.4 is 5.73 Å². The van der Waals surface area contributed by atoms with Gasteiger partial charge in [-0.25, -0.2) is 12.8 Å². The molecular weight excluding hydrogens is 281 g/mol. The number of hydrogen-bond donors (Lipinski definition) is 2. The fourth-order valence-electron chi connectivity index (χ4n) is 1.89. The van der Waals surface area contributed by atoms with Crippen LogP contribution in [0.4, 0.5) is 10.2 Å². The van der Waals surface area contributed by atoms with Gasteiger partial charge in [0.1, 0.15) is 10.6 Å². The third-order valence-corrected chi connectivity index (χ3v) is 5.51. The average molecular weight is 297 g/mol. The summed E-state index contributed by atoms with van der Waals surface area (Å²) in [6, 6.07) is 5.66. The quantitative estimate of drug-likeness (QED) is 0.907. The summed E-state index contributed by atoms with van der Waals surface area (Å²) >= 11 is 0. The second kappa shape index (κ2) is 4.59. The normalized spacial score (nSPS) is 12.6. The zero-order valence-corrected chi connectivity index (χ0v) is 12.3. The van der Waals surface area contributed by atoms with Crippen LogP contribution in [-0.2, 0) is 14.6 Å². The first-order valence-electron chi connectivity index (χ1n) is 5.94. The molecule has 0 aliphatic carbocycles. The van der Waals surface area contributed by atoms with Crippen LogP contribution in [0.15, 0.2) is 24.3 Å². The maximum Gasteiger partial charge on any atom is 0.158 e. The topological polar surface area (TPSA) is 88.8 Å². The molecule has 0 atom stereocenters. The number of aromatic nitrogens is 2. The van der Waals surface area contributed by atoms with Crippen LogP contribution in [0.3, 0.4) is 0 Å². The molecule has 0 saturated heterocycles. The molecule has 3 N–H and O–H groups in total. The maximum atomic E-state index is 13.0. The second-order valence-electron chi connectivity index (χ2n) is 5.15. The lowest BCUT2D eigenvalue weighted by atomic mass is 9.98. The molecule has 1 heterocycles. The molecule has 0 bridgehead atoms. The van der Waals surface area contributed by atoms with Crippen molar-refractivity contribution in [1.29, 1.82) is 0 Å². The third kappa shape index (κ3) is 2.29. The molecule has 0 fully saturated rings. The number of sulfone groups is 1. The van der Waals surface area contributed by atoms with Gasteiger partial charge in [0.25, 0.3) is 0 Å². The first-order valence-corrected chi connectivity index (χ1v) is 7.83. The zero-order valence-electron chi connectivity index (χ0n) is 11.4. The van der Waals surface area contributed by atoms with Gasteiger partial charge in [-0.2, -0.15) is 5.10 Å². The number of aromatic amines is 1. The summed E-state index contributed by atoms with van der Waals surface area (Å²) in [5, 5.41) is 6.58. The summed E-state index contributed by atoms with van der Waals surface area (Å²) in [4.78, 5) is 0. The lowest BCUT2D eigenvalue weighted by Crippen LogP contribution is -2.29. The number of benzene rings is 1. The number of halogens is 1. The highest BCUT2D eigenvalue weighted by atomic mass is 32.2. The minimum Gasteiger partial charge on any atom is -0.382 e. The van der Waals surface area contributed by atoms with Crippen molar-refractivity contribution < 1.29 is 12.8 Å². The van der Waals surface area contributed by atoms with E-state index in [1.54, 1.807) is 26.0 Å². The van der Waals surface area contributed by atoms with Crippen LogP contribution in [0, 0.1) is 5.82 Å². The van der Waals surface area contributed by atoms with Gasteiger partial charge >= 0.3 is 0 Å². The van der Waals surface area contributed by atoms with E-state index in [-0.39, 0.29) is 11.6 Å². The van der Waals surface area contributed by atoms with Crippen LogP contribution in [0.1, 0.15) is 19.5 Å². The lowest BCUT2D eigenvalue weighted by molar-refractivity contribution is 0.556. The molecule has 0 aliphatic rings. The molecule has 20 heavy (non-hydrogen) atoms. The molecule has 7 heteroatoms. The molecule has 0 amide bonds. The van der Waals surface area contributed by atoms with Gasteiger partial charge in [-0.3, -0.25) is 5.10 Å². The van der Waals surface area contributed by atoms with Crippen molar-refractivity contribution in [2.75, 3.05) is 12.0 Å². The van der Waals surface area contributed by atoms with E-state index >= 15 is 0 Å². The van der Waals surface area contributed by atoms with Crippen LogP contribution in [-0.4, -0.2) is 24.9 Å². The molecule has 1 aromatic heterocycles. The fraction of sp³-hybridized carbons (Fsp3) is 0.308. The fourth-order valence-corrected chi connectivity index (χ4v) is 2.40. The van der Waals surface area contributed by atoms with Crippen molar-refractivity contribution in [1.82, 2.24) is 10.2 Å². The summed E-state index contributed by atoms with van der Waals surface area (Å²) in [7, 11) is -3.38. The number of anilines is 1. The summed E-state index contributed by atoms with van der Waals surface area (Å²) in [6.07, 6.45) is 1.15. The SMILES string of the molecule is CC(C)(c1[nH]nc(N)c1-c1ccc(F)cc1)S(C)(=O)=O. The number of nitrogens with two attached hydrogens (primary N) is 1. The van der Waals surface area contributed by atoms with Crippen LogP contribution in [0.25, 0.3) is 11.1 Å². The summed E-state index contributed by atoms with van der Waals surface area (Å²) in [6.45, 7) is 3.14. The Morgan fingerprint density at radius 1 is 1.25 bits per heavy atom. The van der Waals surface area contributed by atoms with Gasteiger partial charge in [0.2, 0.25) is 0 Å². The van der Waals surface area contributed by atoms with E-state index < -0.39 is 14.6 Å². The van der Waals surface area contributed by atoms with Gasteiger partial charge in [-0.05, 0) is 31.5 Å². The second-order valence-corrected chi connectivity index (χ2v) is 7.71. The molecule has 5 nitrogen and oxygen atoms in total. The van der Waals surface area contributed by atoms with Gasteiger partial charge in [0, 0.05) is 11.8 Å². The number of nitrogens with zero attached hydrogens (tertiary/aromatic N) is 1.